The van der Waals surface area contributed by atoms with Gasteiger partial charge in [-0.15, -0.1) is 0 Å². The van der Waals surface area contributed by atoms with Gasteiger partial charge < -0.3 is 5.11 Å². The lowest BCUT2D eigenvalue weighted by Crippen LogP contribution is -2.58. The van der Waals surface area contributed by atoms with Gasteiger partial charge in [0.1, 0.15) is 0 Å². The van der Waals surface area contributed by atoms with Gasteiger partial charge in [0.05, 0.1) is 5.41 Å². The lowest BCUT2D eigenvalue weighted by molar-refractivity contribution is -0.147. The Hall–Kier alpha value is -0.610. The molecule has 0 aliphatic carbocycles. The number of fused-ring (bicyclic) bond motifs is 1. The summed E-state index contributed by atoms with van der Waals surface area (Å²) < 4.78 is 0. The lowest BCUT2D eigenvalue weighted by atomic mass is 9.87. The normalized spacial score (nSPS) is 28.3. The molecular formula is C17H32N2O2. The zero-order valence-electron chi connectivity index (χ0n) is 14.0. The Bertz CT molecular complexity index is 357. The van der Waals surface area contributed by atoms with Crippen LogP contribution in [0.25, 0.3) is 0 Å². The monoisotopic (exact) mass is 296 g/mol. The number of piperazine rings is 1. The first-order valence-corrected chi connectivity index (χ1v) is 8.61. The number of carboxylic acids is 1. The van der Waals surface area contributed by atoms with E-state index in [0.717, 1.165) is 31.8 Å². The smallest absolute Gasteiger partial charge is 0.309 e. The Balaban J connectivity index is 1.72. The first-order chi connectivity index (χ1) is 9.90. The third-order valence-electron chi connectivity index (χ3n) is 5.39. The Morgan fingerprint density at radius 2 is 2.00 bits per heavy atom. The van der Waals surface area contributed by atoms with Gasteiger partial charge in [-0.25, -0.2) is 0 Å². The standard InChI is InChI=1S/C17H32N2O2/c1-14-12-19-11-6-4-8-15(19)13-18(14)10-7-5-9-17(2,3)16(20)21/h14-15H,4-13H2,1-3H3,(H,20,21). The van der Waals surface area contributed by atoms with E-state index in [1.54, 1.807) is 0 Å². The van der Waals surface area contributed by atoms with Crippen molar-refractivity contribution in [1.82, 2.24) is 9.80 Å². The van der Waals surface area contributed by atoms with Crippen LogP contribution in [0, 0.1) is 5.41 Å². The molecule has 2 unspecified atom stereocenters. The van der Waals surface area contributed by atoms with E-state index in [0.29, 0.717) is 6.04 Å². The summed E-state index contributed by atoms with van der Waals surface area (Å²) in [4.78, 5) is 16.4. The van der Waals surface area contributed by atoms with E-state index in [1.807, 2.05) is 13.8 Å². The summed E-state index contributed by atoms with van der Waals surface area (Å²) >= 11 is 0. The van der Waals surface area contributed by atoms with E-state index in [4.69, 9.17) is 5.11 Å². The Labute approximate surface area is 129 Å². The maximum Gasteiger partial charge on any atom is 0.309 e. The van der Waals surface area contributed by atoms with Crippen molar-refractivity contribution >= 4 is 5.97 Å². The minimum Gasteiger partial charge on any atom is -0.481 e. The van der Waals surface area contributed by atoms with Crippen molar-refractivity contribution in [3.8, 4) is 0 Å². The van der Waals surface area contributed by atoms with Crippen molar-refractivity contribution in [1.29, 1.82) is 0 Å². The number of hydrogen-bond acceptors (Lipinski definition) is 3. The summed E-state index contributed by atoms with van der Waals surface area (Å²) in [6.45, 7) is 10.8. The maximum absolute atomic E-state index is 11.1. The van der Waals surface area contributed by atoms with Gasteiger partial charge in [-0.05, 0) is 59.5 Å². The second kappa shape index (κ2) is 7.10. The van der Waals surface area contributed by atoms with Crippen LogP contribution in [0.2, 0.25) is 0 Å². The molecule has 0 spiro atoms. The molecule has 2 aliphatic heterocycles. The van der Waals surface area contributed by atoms with Crippen LogP contribution in [0.4, 0.5) is 0 Å². The predicted molar refractivity (Wildman–Crippen MR) is 85.5 cm³/mol. The molecular weight excluding hydrogens is 264 g/mol. The summed E-state index contributed by atoms with van der Waals surface area (Å²) in [6, 6.07) is 1.41. The SMILES string of the molecule is CC1CN2CCCCC2CN1CCCCC(C)(C)C(=O)O. The van der Waals surface area contributed by atoms with Crippen LogP contribution in [0.1, 0.15) is 59.3 Å². The van der Waals surface area contributed by atoms with Crippen molar-refractivity contribution in [2.24, 2.45) is 5.41 Å². The van der Waals surface area contributed by atoms with Crippen LogP contribution in [0.3, 0.4) is 0 Å². The third-order valence-corrected chi connectivity index (χ3v) is 5.39. The van der Waals surface area contributed by atoms with Gasteiger partial charge in [0, 0.05) is 25.2 Å². The van der Waals surface area contributed by atoms with Gasteiger partial charge in [0.25, 0.3) is 0 Å². The fraction of sp³-hybridized carbons (Fsp3) is 0.941. The first-order valence-electron chi connectivity index (χ1n) is 8.61. The van der Waals surface area contributed by atoms with Gasteiger partial charge in [0.15, 0.2) is 0 Å². The number of carboxylic acid groups (broad SMARTS) is 1. The zero-order valence-corrected chi connectivity index (χ0v) is 14.0. The second-order valence-electron chi connectivity index (χ2n) is 7.63. The van der Waals surface area contributed by atoms with Crippen molar-refractivity contribution in [2.75, 3.05) is 26.2 Å². The maximum atomic E-state index is 11.1. The number of nitrogens with zero attached hydrogens (tertiary/aromatic N) is 2. The molecule has 0 amide bonds. The molecule has 2 saturated heterocycles. The highest BCUT2D eigenvalue weighted by Gasteiger charge is 2.32. The molecule has 0 radical (unpaired) electrons. The van der Waals surface area contributed by atoms with Crippen LogP contribution in [0.15, 0.2) is 0 Å². The largest absolute Gasteiger partial charge is 0.481 e. The average molecular weight is 296 g/mol. The molecule has 0 aromatic rings. The molecule has 0 aromatic carbocycles. The number of carbonyl (C=O) groups is 1. The van der Waals surface area contributed by atoms with E-state index in [9.17, 15) is 4.79 Å². The van der Waals surface area contributed by atoms with Crippen molar-refractivity contribution in [3.63, 3.8) is 0 Å². The molecule has 0 aromatic heterocycles. The molecule has 2 rings (SSSR count). The molecule has 4 nitrogen and oxygen atoms in total. The number of aliphatic carboxylic acids is 1. The van der Waals surface area contributed by atoms with Crippen LogP contribution in [-0.4, -0.2) is 59.1 Å². The van der Waals surface area contributed by atoms with E-state index in [1.165, 1.54) is 38.9 Å². The van der Waals surface area contributed by atoms with Gasteiger partial charge >= 0.3 is 5.97 Å². The van der Waals surface area contributed by atoms with Crippen LogP contribution >= 0.6 is 0 Å². The van der Waals surface area contributed by atoms with E-state index in [-0.39, 0.29) is 0 Å². The zero-order chi connectivity index (χ0) is 15.5. The number of piperidine rings is 1. The highest BCUT2D eigenvalue weighted by atomic mass is 16.4. The molecule has 2 fully saturated rings. The van der Waals surface area contributed by atoms with Gasteiger partial charge in [0.2, 0.25) is 0 Å². The van der Waals surface area contributed by atoms with Gasteiger partial charge in [-0.2, -0.15) is 0 Å². The lowest BCUT2D eigenvalue weighted by Gasteiger charge is -2.47. The van der Waals surface area contributed by atoms with E-state index in [2.05, 4.69) is 16.7 Å². The summed E-state index contributed by atoms with van der Waals surface area (Å²) in [6.07, 6.45) is 7.02. The quantitative estimate of drug-likeness (QED) is 0.766. The molecule has 0 bridgehead atoms. The molecule has 2 atom stereocenters. The van der Waals surface area contributed by atoms with E-state index < -0.39 is 11.4 Å². The molecule has 2 heterocycles. The molecule has 1 N–H and O–H groups in total. The topological polar surface area (TPSA) is 43.8 Å². The fourth-order valence-electron chi connectivity index (χ4n) is 3.71. The Kier molecular flexibility index (Phi) is 5.67. The number of hydrogen-bond donors (Lipinski definition) is 1. The molecule has 122 valence electrons. The molecule has 2 aliphatic rings. The fourth-order valence-corrected chi connectivity index (χ4v) is 3.71. The predicted octanol–water partition coefficient (Wildman–Crippen LogP) is 2.83. The summed E-state index contributed by atoms with van der Waals surface area (Å²) in [5.74, 6) is -0.674. The Morgan fingerprint density at radius 1 is 1.24 bits per heavy atom. The van der Waals surface area contributed by atoms with Gasteiger partial charge in [-0.3, -0.25) is 14.6 Å². The molecule has 0 saturated carbocycles. The van der Waals surface area contributed by atoms with E-state index >= 15 is 0 Å². The average Bonchev–Trinajstić information content (AvgIpc) is 2.43. The number of rotatable bonds is 6. The minimum absolute atomic E-state index is 0.576. The summed E-state index contributed by atoms with van der Waals surface area (Å²) in [5, 5.41) is 9.14. The Morgan fingerprint density at radius 3 is 2.71 bits per heavy atom. The van der Waals surface area contributed by atoms with Crippen LogP contribution in [-0.2, 0) is 4.79 Å². The van der Waals surface area contributed by atoms with Crippen LogP contribution in [0.5, 0.6) is 0 Å². The summed E-state index contributed by atoms with van der Waals surface area (Å²) in [5.41, 5.74) is -0.576. The van der Waals surface area contributed by atoms with Crippen LogP contribution < -0.4 is 0 Å². The van der Waals surface area contributed by atoms with Gasteiger partial charge in [-0.1, -0.05) is 12.8 Å². The number of unbranched alkanes of at least 4 members (excludes halogenated alkanes) is 1. The minimum atomic E-state index is -0.674. The van der Waals surface area contributed by atoms with Crippen molar-refractivity contribution in [3.05, 3.63) is 0 Å². The molecule has 4 heteroatoms. The highest BCUT2D eigenvalue weighted by Crippen LogP contribution is 2.26. The second-order valence-corrected chi connectivity index (χ2v) is 7.63. The highest BCUT2D eigenvalue weighted by molar-refractivity contribution is 5.73. The molecule has 21 heavy (non-hydrogen) atoms. The summed E-state index contributed by atoms with van der Waals surface area (Å²) in [7, 11) is 0. The van der Waals surface area contributed by atoms with Crippen molar-refractivity contribution in [2.45, 2.75) is 71.4 Å². The third kappa shape index (κ3) is 4.43. The van der Waals surface area contributed by atoms with Crippen molar-refractivity contribution < 1.29 is 9.90 Å². The first kappa shape index (κ1) is 16.8.